The lowest BCUT2D eigenvalue weighted by atomic mass is 9.98. The van der Waals surface area contributed by atoms with Gasteiger partial charge in [0.1, 0.15) is 0 Å². The first kappa shape index (κ1) is 15.6. The Morgan fingerprint density at radius 2 is 2.00 bits per heavy atom. The molecule has 3 aliphatic rings. The minimum Gasteiger partial charge on any atom is -0.338 e. The van der Waals surface area contributed by atoms with E-state index in [1.165, 1.54) is 12.8 Å². The molecule has 5 heteroatoms. The number of rotatable bonds is 2. The number of hydrogen-bond acceptors (Lipinski definition) is 3. The van der Waals surface area contributed by atoms with Crippen molar-refractivity contribution in [2.75, 3.05) is 13.1 Å². The van der Waals surface area contributed by atoms with Gasteiger partial charge in [-0.25, -0.2) is 0 Å². The molecule has 0 spiro atoms. The molecule has 25 heavy (non-hydrogen) atoms. The average molecular weight is 356 g/mol. The molecule has 1 amide bonds. The SMILES string of the molecule is NC1CCC2CN(C(=O)c3cc(C4CC4)nc4ccc(Cl)cc34)CC12. The van der Waals surface area contributed by atoms with Crippen LogP contribution in [0.25, 0.3) is 10.9 Å². The van der Waals surface area contributed by atoms with E-state index in [2.05, 4.69) is 0 Å². The van der Waals surface area contributed by atoms with Crippen LogP contribution in [0.4, 0.5) is 0 Å². The second-order valence-corrected chi connectivity index (χ2v) is 8.34. The van der Waals surface area contributed by atoms with Crippen LogP contribution in [0.5, 0.6) is 0 Å². The van der Waals surface area contributed by atoms with Gasteiger partial charge in [-0.05, 0) is 61.8 Å². The number of likely N-dealkylation sites (tertiary alicyclic amines) is 1. The summed E-state index contributed by atoms with van der Waals surface area (Å²) in [5.74, 6) is 1.65. The number of aromatic nitrogens is 1. The lowest BCUT2D eigenvalue weighted by Gasteiger charge is -2.20. The molecule has 2 heterocycles. The third-order valence-corrected chi connectivity index (χ3v) is 6.45. The van der Waals surface area contributed by atoms with Crippen molar-refractivity contribution in [3.63, 3.8) is 0 Å². The van der Waals surface area contributed by atoms with Crippen molar-refractivity contribution < 1.29 is 4.79 Å². The van der Waals surface area contributed by atoms with Crippen molar-refractivity contribution in [3.8, 4) is 0 Å². The minimum atomic E-state index is 0.109. The maximum absolute atomic E-state index is 13.3. The van der Waals surface area contributed by atoms with Crippen LogP contribution >= 0.6 is 11.6 Å². The largest absolute Gasteiger partial charge is 0.338 e. The number of fused-ring (bicyclic) bond motifs is 2. The quantitative estimate of drug-likeness (QED) is 0.895. The van der Waals surface area contributed by atoms with E-state index in [0.29, 0.717) is 22.8 Å². The number of hydrogen-bond donors (Lipinski definition) is 1. The van der Waals surface area contributed by atoms with Crippen LogP contribution in [0, 0.1) is 11.8 Å². The molecule has 1 aliphatic heterocycles. The number of nitrogens with two attached hydrogens (primary N) is 1. The zero-order chi connectivity index (χ0) is 17.1. The molecule has 130 valence electrons. The Bertz CT molecular complexity index is 863. The molecule has 2 aromatic rings. The molecule has 0 bridgehead atoms. The van der Waals surface area contributed by atoms with Crippen molar-refractivity contribution in [3.05, 3.63) is 40.5 Å². The second-order valence-electron chi connectivity index (χ2n) is 7.91. The Kier molecular flexibility index (Phi) is 3.54. The first-order valence-corrected chi connectivity index (χ1v) is 9.63. The van der Waals surface area contributed by atoms with Crippen LogP contribution < -0.4 is 5.73 Å². The van der Waals surface area contributed by atoms with Crippen molar-refractivity contribution in [1.82, 2.24) is 9.88 Å². The van der Waals surface area contributed by atoms with Gasteiger partial charge in [0, 0.05) is 41.2 Å². The molecular formula is C20H22ClN3O. The summed E-state index contributed by atoms with van der Waals surface area (Å²) in [4.78, 5) is 20.1. The zero-order valence-corrected chi connectivity index (χ0v) is 14.9. The lowest BCUT2D eigenvalue weighted by Crippen LogP contribution is -2.33. The van der Waals surface area contributed by atoms with Crippen LogP contribution in [0.2, 0.25) is 5.02 Å². The van der Waals surface area contributed by atoms with Crippen molar-refractivity contribution >= 4 is 28.4 Å². The number of carbonyl (C=O) groups is 1. The first-order chi connectivity index (χ1) is 12.1. The summed E-state index contributed by atoms with van der Waals surface area (Å²) in [5, 5.41) is 1.51. The van der Waals surface area contributed by atoms with Crippen LogP contribution in [-0.2, 0) is 0 Å². The molecule has 3 atom stereocenters. The number of pyridine rings is 1. The highest BCUT2D eigenvalue weighted by molar-refractivity contribution is 6.31. The van der Waals surface area contributed by atoms with Crippen molar-refractivity contribution in [2.24, 2.45) is 17.6 Å². The van der Waals surface area contributed by atoms with Crippen LogP contribution in [0.3, 0.4) is 0 Å². The van der Waals surface area contributed by atoms with Gasteiger partial charge >= 0.3 is 0 Å². The van der Waals surface area contributed by atoms with E-state index < -0.39 is 0 Å². The normalized spacial score (nSPS) is 28.6. The highest BCUT2D eigenvalue weighted by atomic mass is 35.5. The van der Waals surface area contributed by atoms with E-state index in [0.717, 1.165) is 48.1 Å². The van der Waals surface area contributed by atoms with E-state index in [-0.39, 0.29) is 11.9 Å². The maximum atomic E-state index is 13.3. The summed E-state index contributed by atoms with van der Waals surface area (Å²) >= 11 is 6.20. The van der Waals surface area contributed by atoms with E-state index in [4.69, 9.17) is 22.3 Å². The highest BCUT2D eigenvalue weighted by Gasteiger charge is 2.43. The van der Waals surface area contributed by atoms with Crippen molar-refractivity contribution in [2.45, 2.75) is 37.6 Å². The Balaban J connectivity index is 1.55. The molecule has 3 unspecified atom stereocenters. The molecule has 2 N–H and O–H groups in total. The lowest BCUT2D eigenvalue weighted by molar-refractivity contribution is 0.0781. The van der Waals surface area contributed by atoms with Crippen LogP contribution in [0.15, 0.2) is 24.3 Å². The smallest absolute Gasteiger partial charge is 0.254 e. The molecular weight excluding hydrogens is 334 g/mol. The van der Waals surface area contributed by atoms with Gasteiger partial charge in [0.05, 0.1) is 11.1 Å². The number of benzene rings is 1. The van der Waals surface area contributed by atoms with Crippen LogP contribution in [-0.4, -0.2) is 34.9 Å². The highest BCUT2D eigenvalue weighted by Crippen LogP contribution is 2.41. The van der Waals surface area contributed by atoms with Gasteiger partial charge in [-0.3, -0.25) is 9.78 Å². The fraction of sp³-hybridized carbons (Fsp3) is 0.500. The summed E-state index contributed by atoms with van der Waals surface area (Å²) in [6.45, 7) is 1.62. The monoisotopic (exact) mass is 355 g/mol. The predicted octanol–water partition coefficient (Wildman–Crippen LogP) is 3.57. The van der Waals surface area contributed by atoms with E-state index >= 15 is 0 Å². The van der Waals surface area contributed by atoms with Gasteiger partial charge in [0.15, 0.2) is 0 Å². The Morgan fingerprint density at radius 3 is 2.76 bits per heavy atom. The minimum absolute atomic E-state index is 0.109. The number of halogens is 1. The molecule has 3 fully saturated rings. The van der Waals surface area contributed by atoms with Gasteiger partial charge in [-0.2, -0.15) is 0 Å². The first-order valence-electron chi connectivity index (χ1n) is 9.25. The Morgan fingerprint density at radius 1 is 1.16 bits per heavy atom. The fourth-order valence-electron chi connectivity index (χ4n) is 4.63. The van der Waals surface area contributed by atoms with Gasteiger partial charge in [0.2, 0.25) is 0 Å². The van der Waals surface area contributed by atoms with Crippen molar-refractivity contribution in [1.29, 1.82) is 0 Å². The molecule has 4 nitrogen and oxygen atoms in total. The third-order valence-electron chi connectivity index (χ3n) is 6.22. The number of carbonyl (C=O) groups excluding carboxylic acids is 1. The zero-order valence-electron chi connectivity index (χ0n) is 14.1. The molecule has 1 aromatic carbocycles. The summed E-state index contributed by atoms with van der Waals surface area (Å²) < 4.78 is 0. The number of amides is 1. The van der Waals surface area contributed by atoms with Gasteiger partial charge < -0.3 is 10.6 Å². The Labute approximate surface area is 152 Å². The summed E-state index contributed by atoms with van der Waals surface area (Å²) in [5.41, 5.74) is 8.91. The molecule has 2 aliphatic carbocycles. The van der Waals surface area contributed by atoms with Gasteiger partial charge in [0.25, 0.3) is 5.91 Å². The Hall–Kier alpha value is -1.65. The second kappa shape index (κ2) is 5.68. The van der Waals surface area contributed by atoms with E-state index in [9.17, 15) is 4.79 Å². The fourth-order valence-corrected chi connectivity index (χ4v) is 4.80. The van der Waals surface area contributed by atoms with E-state index in [1.807, 2.05) is 29.2 Å². The van der Waals surface area contributed by atoms with Crippen LogP contribution in [0.1, 0.15) is 47.7 Å². The maximum Gasteiger partial charge on any atom is 0.254 e. The molecule has 1 saturated heterocycles. The van der Waals surface area contributed by atoms with Gasteiger partial charge in [-0.1, -0.05) is 11.6 Å². The molecule has 1 aromatic heterocycles. The molecule has 5 rings (SSSR count). The summed E-state index contributed by atoms with van der Waals surface area (Å²) in [7, 11) is 0. The standard InChI is InChI=1S/C20H22ClN3O/c21-13-4-6-18-14(7-13)15(8-19(23-18)11-1-2-11)20(25)24-9-12-3-5-17(22)16(12)10-24/h4,6-8,11-12,16-17H,1-3,5,9-10,22H2. The topological polar surface area (TPSA) is 59.2 Å². The number of nitrogens with zero attached hydrogens (tertiary/aromatic N) is 2. The van der Waals surface area contributed by atoms with E-state index in [1.54, 1.807) is 0 Å². The molecule has 0 radical (unpaired) electrons. The third kappa shape index (κ3) is 2.63. The summed E-state index contributed by atoms with van der Waals surface area (Å²) in [6.07, 6.45) is 4.58. The summed E-state index contributed by atoms with van der Waals surface area (Å²) in [6, 6.07) is 7.90. The predicted molar refractivity (Wildman–Crippen MR) is 98.8 cm³/mol. The average Bonchev–Trinajstić information content (AvgIpc) is 3.28. The molecule has 2 saturated carbocycles. The van der Waals surface area contributed by atoms with Gasteiger partial charge in [-0.15, -0.1) is 0 Å².